The Labute approximate surface area is 184 Å². The van der Waals surface area contributed by atoms with Crippen LogP contribution in [0.15, 0.2) is 41.0 Å². The molecule has 3 aromatic rings. The van der Waals surface area contributed by atoms with Gasteiger partial charge in [-0.15, -0.1) is 0 Å². The maximum Gasteiger partial charge on any atom is 0.277 e. The van der Waals surface area contributed by atoms with Gasteiger partial charge in [0.1, 0.15) is 18.5 Å². The summed E-state index contributed by atoms with van der Waals surface area (Å²) in [5.74, 6) is -1.58. The van der Waals surface area contributed by atoms with Crippen molar-refractivity contribution in [3.05, 3.63) is 52.4 Å². The molecule has 1 aliphatic heterocycles. The molecule has 0 unspecified atom stereocenters. The quantitative estimate of drug-likeness (QED) is 0.480. The van der Waals surface area contributed by atoms with E-state index in [-0.39, 0.29) is 18.4 Å². The molecule has 0 radical (unpaired) electrons. The van der Waals surface area contributed by atoms with Crippen LogP contribution in [0.25, 0.3) is 10.1 Å². The van der Waals surface area contributed by atoms with Crippen LogP contribution >= 0.6 is 27.5 Å². The summed E-state index contributed by atoms with van der Waals surface area (Å²) in [6, 6.07) is 8.09. The van der Waals surface area contributed by atoms with Gasteiger partial charge in [-0.2, -0.15) is 4.37 Å². The molecule has 0 saturated carbocycles. The van der Waals surface area contributed by atoms with Gasteiger partial charge in [-0.1, -0.05) is 22.0 Å². The first kappa shape index (κ1) is 21.1. The second-order valence-electron chi connectivity index (χ2n) is 7.17. The summed E-state index contributed by atoms with van der Waals surface area (Å²) in [7, 11) is 0. The number of benzene rings is 2. The Morgan fingerprint density at radius 3 is 2.97 bits per heavy atom. The largest absolute Gasteiger partial charge is 0.351 e. The van der Waals surface area contributed by atoms with E-state index in [1.807, 2.05) is 13.8 Å². The Morgan fingerprint density at radius 1 is 1.40 bits per heavy atom. The molecular formula is C20H19BrFN3O4S. The molecule has 2 aromatic carbocycles. The minimum atomic E-state index is -0.666. The molecule has 4 rings (SSSR count). The van der Waals surface area contributed by atoms with Crippen LogP contribution in [0.2, 0.25) is 0 Å². The summed E-state index contributed by atoms with van der Waals surface area (Å²) in [5.41, 5.74) is 3.43. The fourth-order valence-electron chi connectivity index (χ4n) is 3.07. The van der Waals surface area contributed by atoms with Crippen LogP contribution in [0.1, 0.15) is 24.2 Å². The van der Waals surface area contributed by atoms with Crippen LogP contribution in [-0.4, -0.2) is 35.4 Å². The molecule has 2 N–H and O–H groups in total. The smallest absolute Gasteiger partial charge is 0.277 e. The third-order valence-corrected chi connectivity index (χ3v) is 5.79. The average molecular weight is 496 g/mol. The van der Waals surface area contributed by atoms with E-state index in [9.17, 15) is 9.18 Å². The number of hydrogen-bond donors (Lipinski definition) is 2. The SMILES string of the molecule is CC1(C)OC[C@H](CONC(=O)c2ccc3cnsc3c2Nc2ccc(Br)cc2F)O1. The summed E-state index contributed by atoms with van der Waals surface area (Å²) >= 11 is 4.46. The molecular weight excluding hydrogens is 477 g/mol. The molecule has 0 spiro atoms. The van der Waals surface area contributed by atoms with Crippen molar-refractivity contribution in [3.8, 4) is 0 Å². The van der Waals surface area contributed by atoms with Gasteiger partial charge in [-0.05, 0) is 49.6 Å². The van der Waals surface area contributed by atoms with E-state index in [1.165, 1.54) is 17.6 Å². The lowest BCUT2D eigenvalue weighted by Crippen LogP contribution is -2.30. The molecule has 1 fully saturated rings. The van der Waals surface area contributed by atoms with Gasteiger partial charge in [0, 0.05) is 16.1 Å². The van der Waals surface area contributed by atoms with E-state index < -0.39 is 17.5 Å². The number of nitrogens with zero attached hydrogens (tertiary/aromatic N) is 1. The summed E-state index contributed by atoms with van der Waals surface area (Å²) < 4.78 is 31.0. The zero-order valence-electron chi connectivity index (χ0n) is 16.2. The predicted molar refractivity (Wildman–Crippen MR) is 115 cm³/mol. The Hall–Kier alpha value is -2.11. The van der Waals surface area contributed by atoms with Gasteiger partial charge in [0.15, 0.2) is 5.79 Å². The van der Waals surface area contributed by atoms with Crippen LogP contribution in [0.5, 0.6) is 0 Å². The third kappa shape index (κ3) is 4.62. The minimum Gasteiger partial charge on any atom is -0.351 e. The van der Waals surface area contributed by atoms with Crippen molar-refractivity contribution in [2.45, 2.75) is 25.7 Å². The number of aromatic nitrogens is 1. The highest BCUT2D eigenvalue weighted by molar-refractivity contribution is 9.10. The second-order valence-corrected chi connectivity index (χ2v) is 8.89. The number of rotatable bonds is 6. The van der Waals surface area contributed by atoms with Crippen molar-refractivity contribution in [1.29, 1.82) is 0 Å². The van der Waals surface area contributed by atoms with E-state index >= 15 is 0 Å². The molecule has 1 amide bonds. The van der Waals surface area contributed by atoms with E-state index in [0.29, 0.717) is 22.3 Å². The molecule has 10 heteroatoms. The molecule has 1 aromatic heterocycles. The Balaban J connectivity index is 1.53. The first-order valence-electron chi connectivity index (χ1n) is 9.16. The minimum absolute atomic E-state index is 0.141. The van der Waals surface area contributed by atoms with E-state index in [0.717, 1.165) is 10.1 Å². The van der Waals surface area contributed by atoms with E-state index in [4.69, 9.17) is 14.3 Å². The number of anilines is 2. The second kappa shape index (κ2) is 8.56. The van der Waals surface area contributed by atoms with E-state index in [1.54, 1.807) is 30.5 Å². The summed E-state index contributed by atoms with van der Waals surface area (Å²) in [5, 5.41) is 3.88. The maximum absolute atomic E-state index is 14.4. The van der Waals surface area contributed by atoms with Gasteiger partial charge in [0.2, 0.25) is 0 Å². The predicted octanol–water partition coefficient (Wildman–Crippen LogP) is 4.75. The van der Waals surface area contributed by atoms with Crippen molar-refractivity contribution in [2.24, 2.45) is 0 Å². The maximum atomic E-state index is 14.4. The fourth-order valence-corrected chi connectivity index (χ4v) is 4.16. The Morgan fingerprint density at radius 2 is 2.23 bits per heavy atom. The first-order valence-corrected chi connectivity index (χ1v) is 10.7. The van der Waals surface area contributed by atoms with Crippen LogP contribution in [0.3, 0.4) is 0 Å². The number of hydroxylamine groups is 1. The first-order chi connectivity index (χ1) is 14.3. The zero-order chi connectivity index (χ0) is 21.3. The summed E-state index contributed by atoms with van der Waals surface area (Å²) in [6.07, 6.45) is 1.42. The summed E-state index contributed by atoms with van der Waals surface area (Å²) in [4.78, 5) is 18.1. The fraction of sp³-hybridized carbons (Fsp3) is 0.300. The van der Waals surface area contributed by atoms with Crippen LogP contribution in [-0.2, 0) is 14.3 Å². The third-order valence-electron chi connectivity index (χ3n) is 4.46. The van der Waals surface area contributed by atoms with Gasteiger partial charge in [0.05, 0.1) is 28.2 Å². The molecule has 158 valence electrons. The average Bonchev–Trinajstić information content (AvgIpc) is 3.30. The lowest BCUT2D eigenvalue weighted by Gasteiger charge is -2.17. The molecule has 0 aliphatic carbocycles. The molecule has 30 heavy (non-hydrogen) atoms. The number of carbonyl (C=O) groups excluding carboxylic acids is 1. The molecule has 2 heterocycles. The summed E-state index contributed by atoms with van der Waals surface area (Å²) in [6.45, 7) is 4.15. The molecule has 1 atom stereocenters. The lowest BCUT2D eigenvalue weighted by atomic mass is 10.1. The van der Waals surface area contributed by atoms with Crippen molar-refractivity contribution in [2.75, 3.05) is 18.5 Å². The molecule has 1 saturated heterocycles. The monoisotopic (exact) mass is 495 g/mol. The highest BCUT2D eigenvalue weighted by Gasteiger charge is 2.33. The topological polar surface area (TPSA) is 81.7 Å². The number of amides is 1. The number of hydrogen-bond acceptors (Lipinski definition) is 7. The molecule has 7 nitrogen and oxygen atoms in total. The van der Waals surface area contributed by atoms with Crippen LogP contribution in [0.4, 0.5) is 15.8 Å². The molecule has 0 bridgehead atoms. The van der Waals surface area contributed by atoms with Crippen molar-refractivity contribution >= 4 is 54.8 Å². The Kier molecular flexibility index (Phi) is 6.03. The van der Waals surface area contributed by atoms with Crippen LogP contribution in [0, 0.1) is 5.82 Å². The van der Waals surface area contributed by atoms with Gasteiger partial charge >= 0.3 is 0 Å². The van der Waals surface area contributed by atoms with Crippen molar-refractivity contribution in [3.63, 3.8) is 0 Å². The lowest BCUT2D eigenvalue weighted by molar-refractivity contribution is -0.147. The number of fused-ring (bicyclic) bond motifs is 1. The highest BCUT2D eigenvalue weighted by Crippen LogP contribution is 2.34. The number of nitrogens with one attached hydrogen (secondary N) is 2. The van der Waals surface area contributed by atoms with Gasteiger partial charge in [-0.25, -0.2) is 9.87 Å². The van der Waals surface area contributed by atoms with Gasteiger partial charge in [-0.3, -0.25) is 9.63 Å². The van der Waals surface area contributed by atoms with Crippen LogP contribution < -0.4 is 10.8 Å². The number of halogens is 2. The zero-order valence-corrected chi connectivity index (χ0v) is 18.6. The van der Waals surface area contributed by atoms with E-state index in [2.05, 4.69) is 31.1 Å². The highest BCUT2D eigenvalue weighted by atomic mass is 79.9. The Bertz CT molecular complexity index is 1090. The molecule has 1 aliphatic rings. The normalized spacial score (nSPS) is 17.9. The van der Waals surface area contributed by atoms with Gasteiger partial charge < -0.3 is 14.8 Å². The van der Waals surface area contributed by atoms with Crippen molar-refractivity contribution in [1.82, 2.24) is 9.85 Å². The van der Waals surface area contributed by atoms with Crippen molar-refractivity contribution < 1.29 is 23.5 Å². The number of carbonyl (C=O) groups is 1. The standard InChI is InChI=1S/C20H19BrFN3O4S/c1-20(2)27-9-13(29-20)10-28-25-19(26)14-5-3-11-8-23-30-18(11)17(14)24-16-6-4-12(21)7-15(16)22/h3-8,13,24H,9-10H2,1-2H3,(H,25,26)/t13-/m1/s1. The number of ether oxygens (including phenoxy) is 2. The van der Waals surface area contributed by atoms with Gasteiger partial charge in [0.25, 0.3) is 5.91 Å².